The lowest BCUT2D eigenvalue weighted by molar-refractivity contribution is 0.0542. The number of rotatable bonds is 2. The van der Waals surface area contributed by atoms with E-state index in [0.29, 0.717) is 12.6 Å². The van der Waals surface area contributed by atoms with Gasteiger partial charge < -0.3 is 9.30 Å². The van der Waals surface area contributed by atoms with Crippen LogP contribution >= 0.6 is 0 Å². The van der Waals surface area contributed by atoms with Gasteiger partial charge in [-0.05, 0) is 19.4 Å². The molecule has 96 valence electrons. The van der Waals surface area contributed by atoms with Gasteiger partial charge in [0.05, 0.1) is 18.3 Å². The van der Waals surface area contributed by atoms with Crippen LogP contribution in [0.3, 0.4) is 0 Å². The largest absolute Gasteiger partial charge is 0.371 e. The molecule has 3 heterocycles. The minimum atomic E-state index is 0.314. The molecule has 0 radical (unpaired) electrons. The Morgan fingerprint density at radius 1 is 1.44 bits per heavy atom. The van der Waals surface area contributed by atoms with Crippen LogP contribution in [0.25, 0.3) is 11.5 Å². The summed E-state index contributed by atoms with van der Waals surface area (Å²) in [6, 6.07) is 2.35. The SMILES string of the molecule is CCC1COCc2nnc(-c3cc(C)nn3C)n21. The maximum atomic E-state index is 5.54. The fourth-order valence-corrected chi connectivity index (χ4v) is 2.46. The molecular formula is C12H17N5O. The topological polar surface area (TPSA) is 57.8 Å². The summed E-state index contributed by atoms with van der Waals surface area (Å²) in [6.45, 7) is 5.41. The van der Waals surface area contributed by atoms with Gasteiger partial charge in [-0.25, -0.2) is 0 Å². The highest BCUT2D eigenvalue weighted by molar-refractivity contribution is 5.51. The first-order chi connectivity index (χ1) is 8.70. The smallest absolute Gasteiger partial charge is 0.182 e. The molecule has 0 aliphatic carbocycles. The predicted octanol–water partition coefficient (Wildman–Crippen LogP) is 1.47. The fraction of sp³-hybridized carbons (Fsp3) is 0.583. The van der Waals surface area contributed by atoms with E-state index in [1.54, 1.807) is 0 Å². The first-order valence-corrected chi connectivity index (χ1v) is 6.23. The molecule has 1 aliphatic heterocycles. The zero-order chi connectivity index (χ0) is 12.7. The quantitative estimate of drug-likeness (QED) is 0.806. The normalized spacial score (nSPS) is 18.9. The van der Waals surface area contributed by atoms with Gasteiger partial charge in [-0.1, -0.05) is 6.92 Å². The Kier molecular flexibility index (Phi) is 2.66. The number of fused-ring (bicyclic) bond motifs is 1. The average Bonchev–Trinajstić information content (AvgIpc) is 2.92. The Hall–Kier alpha value is -1.69. The van der Waals surface area contributed by atoms with Crippen molar-refractivity contribution in [2.24, 2.45) is 7.05 Å². The number of nitrogens with zero attached hydrogens (tertiary/aromatic N) is 5. The van der Waals surface area contributed by atoms with Gasteiger partial charge in [0.1, 0.15) is 12.3 Å². The molecule has 0 saturated carbocycles. The molecule has 0 aromatic carbocycles. The lowest BCUT2D eigenvalue weighted by atomic mass is 10.2. The zero-order valence-electron chi connectivity index (χ0n) is 10.9. The van der Waals surface area contributed by atoms with Crippen molar-refractivity contribution in [3.05, 3.63) is 17.6 Å². The number of hydrogen-bond acceptors (Lipinski definition) is 4. The number of hydrogen-bond donors (Lipinski definition) is 0. The van der Waals surface area contributed by atoms with Crippen LogP contribution in [-0.4, -0.2) is 31.2 Å². The standard InChI is InChI=1S/C12H17N5O/c1-4-9-6-18-7-11-13-14-12(17(9)11)10-5-8(2)15-16(10)3/h5,9H,4,6-7H2,1-3H3. The van der Waals surface area contributed by atoms with Gasteiger partial charge in [0.15, 0.2) is 11.6 Å². The first kappa shape index (κ1) is 11.4. The third-order valence-corrected chi connectivity index (χ3v) is 3.38. The van der Waals surface area contributed by atoms with Gasteiger partial charge in [0.25, 0.3) is 0 Å². The monoisotopic (exact) mass is 247 g/mol. The van der Waals surface area contributed by atoms with Crippen LogP contribution in [-0.2, 0) is 18.4 Å². The van der Waals surface area contributed by atoms with Crippen molar-refractivity contribution in [1.29, 1.82) is 0 Å². The van der Waals surface area contributed by atoms with Crippen LogP contribution in [0.15, 0.2) is 6.07 Å². The Bertz CT molecular complexity index is 571. The third kappa shape index (κ3) is 1.64. The maximum Gasteiger partial charge on any atom is 0.182 e. The Labute approximate surface area is 106 Å². The molecule has 0 spiro atoms. The van der Waals surface area contributed by atoms with Gasteiger partial charge >= 0.3 is 0 Å². The zero-order valence-corrected chi connectivity index (χ0v) is 10.9. The molecule has 6 heteroatoms. The van der Waals surface area contributed by atoms with Crippen LogP contribution in [0.2, 0.25) is 0 Å². The van der Waals surface area contributed by atoms with Crippen LogP contribution in [0.5, 0.6) is 0 Å². The molecule has 18 heavy (non-hydrogen) atoms. The van der Waals surface area contributed by atoms with E-state index in [1.165, 1.54) is 0 Å². The molecule has 0 saturated heterocycles. The van der Waals surface area contributed by atoms with Crippen molar-refractivity contribution in [2.45, 2.75) is 32.9 Å². The summed E-state index contributed by atoms with van der Waals surface area (Å²) in [7, 11) is 1.93. The van der Waals surface area contributed by atoms with Crippen LogP contribution in [0, 0.1) is 6.92 Å². The molecule has 0 bridgehead atoms. The van der Waals surface area contributed by atoms with E-state index in [1.807, 2.05) is 24.7 Å². The van der Waals surface area contributed by atoms with Crippen LogP contribution in [0.1, 0.15) is 30.9 Å². The number of aromatic nitrogens is 5. The molecule has 3 rings (SSSR count). The lowest BCUT2D eigenvalue weighted by Gasteiger charge is -2.25. The predicted molar refractivity (Wildman–Crippen MR) is 65.9 cm³/mol. The molecule has 1 unspecified atom stereocenters. The van der Waals surface area contributed by atoms with Gasteiger partial charge in [-0.2, -0.15) is 5.10 Å². The number of aryl methyl sites for hydroxylation is 2. The van der Waals surface area contributed by atoms with Gasteiger partial charge in [0.2, 0.25) is 0 Å². The van der Waals surface area contributed by atoms with E-state index in [0.717, 1.165) is 36.1 Å². The van der Waals surface area contributed by atoms with E-state index >= 15 is 0 Å². The first-order valence-electron chi connectivity index (χ1n) is 6.23. The van der Waals surface area contributed by atoms with Gasteiger partial charge in [-0.15, -0.1) is 10.2 Å². The van der Waals surface area contributed by atoms with E-state index in [-0.39, 0.29) is 0 Å². The minimum Gasteiger partial charge on any atom is -0.371 e. The van der Waals surface area contributed by atoms with E-state index in [2.05, 4.69) is 26.8 Å². The second-order valence-electron chi connectivity index (χ2n) is 4.68. The van der Waals surface area contributed by atoms with Crippen molar-refractivity contribution < 1.29 is 4.74 Å². The highest BCUT2D eigenvalue weighted by Crippen LogP contribution is 2.28. The fourth-order valence-electron chi connectivity index (χ4n) is 2.46. The van der Waals surface area contributed by atoms with Gasteiger partial charge in [0, 0.05) is 7.05 Å². The lowest BCUT2D eigenvalue weighted by Crippen LogP contribution is -2.24. The van der Waals surface area contributed by atoms with Crippen LogP contribution < -0.4 is 0 Å². The highest BCUT2D eigenvalue weighted by Gasteiger charge is 2.26. The third-order valence-electron chi connectivity index (χ3n) is 3.38. The molecule has 2 aromatic rings. The molecule has 0 fully saturated rings. The summed E-state index contributed by atoms with van der Waals surface area (Å²) >= 11 is 0. The van der Waals surface area contributed by atoms with Crippen molar-refractivity contribution in [1.82, 2.24) is 24.5 Å². The number of ether oxygens (including phenoxy) is 1. The molecular weight excluding hydrogens is 230 g/mol. The summed E-state index contributed by atoms with van der Waals surface area (Å²) < 4.78 is 9.59. The summed E-state index contributed by atoms with van der Waals surface area (Å²) in [4.78, 5) is 0. The molecule has 2 aromatic heterocycles. The van der Waals surface area contributed by atoms with Crippen molar-refractivity contribution >= 4 is 0 Å². The molecule has 0 amide bonds. The van der Waals surface area contributed by atoms with Crippen LogP contribution in [0.4, 0.5) is 0 Å². The minimum absolute atomic E-state index is 0.314. The molecule has 1 atom stereocenters. The summed E-state index contributed by atoms with van der Waals surface area (Å²) in [5, 5.41) is 12.9. The second kappa shape index (κ2) is 4.20. The highest BCUT2D eigenvalue weighted by atomic mass is 16.5. The average molecular weight is 247 g/mol. The summed E-state index contributed by atoms with van der Waals surface area (Å²) in [5.41, 5.74) is 2.00. The van der Waals surface area contributed by atoms with Crippen molar-refractivity contribution in [2.75, 3.05) is 6.61 Å². The Morgan fingerprint density at radius 2 is 2.28 bits per heavy atom. The Morgan fingerprint density at radius 3 is 2.94 bits per heavy atom. The van der Waals surface area contributed by atoms with Crippen molar-refractivity contribution in [3.8, 4) is 11.5 Å². The molecule has 1 aliphatic rings. The summed E-state index contributed by atoms with van der Waals surface area (Å²) in [6.07, 6.45) is 1.01. The van der Waals surface area contributed by atoms with Crippen molar-refractivity contribution in [3.63, 3.8) is 0 Å². The molecule has 0 N–H and O–H groups in total. The summed E-state index contributed by atoms with van der Waals surface area (Å²) in [5.74, 6) is 1.80. The Balaban J connectivity index is 2.14. The van der Waals surface area contributed by atoms with E-state index in [9.17, 15) is 0 Å². The van der Waals surface area contributed by atoms with E-state index < -0.39 is 0 Å². The molecule has 6 nitrogen and oxygen atoms in total. The van der Waals surface area contributed by atoms with Gasteiger partial charge in [-0.3, -0.25) is 4.68 Å². The maximum absolute atomic E-state index is 5.54. The van der Waals surface area contributed by atoms with E-state index in [4.69, 9.17) is 4.74 Å². The second-order valence-corrected chi connectivity index (χ2v) is 4.68.